The van der Waals surface area contributed by atoms with Crippen molar-refractivity contribution in [3.8, 4) is 0 Å². The first-order chi connectivity index (χ1) is 8.61. The van der Waals surface area contributed by atoms with Gasteiger partial charge in [-0.3, -0.25) is 10.2 Å². The summed E-state index contributed by atoms with van der Waals surface area (Å²) in [6, 6.07) is 6.54. The van der Waals surface area contributed by atoms with Gasteiger partial charge in [0.05, 0.1) is 5.25 Å². The number of nitrogens with two attached hydrogens (primary N) is 1. The second-order valence-corrected chi connectivity index (χ2v) is 6.29. The average Bonchev–Trinajstić information content (AvgIpc) is 2.82. The monoisotopic (exact) mass is 264 g/mol. The summed E-state index contributed by atoms with van der Waals surface area (Å²) in [5.74, 6) is 5.40. The van der Waals surface area contributed by atoms with Crippen LogP contribution >= 0.6 is 11.8 Å². The molecule has 1 atom stereocenters. The van der Waals surface area contributed by atoms with E-state index in [2.05, 4.69) is 23.6 Å². The number of fused-ring (bicyclic) bond motifs is 1. The SMILES string of the molecule is CC(C)C(Sc1ccc2c(c1)CCC2)C(=O)NN. The summed E-state index contributed by atoms with van der Waals surface area (Å²) < 4.78 is 0. The minimum absolute atomic E-state index is 0.101. The maximum absolute atomic E-state index is 11.7. The number of benzene rings is 1. The molecule has 1 aliphatic carbocycles. The smallest absolute Gasteiger partial charge is 0.247 e. The first kappa shape index (κ1) is 13.4. The third-order valence-electron chi connectivity index (χ3n) is 3.34. The van der Waals surface area contributed by atoms with E-state index in [4.69, 9.17) is 5.84 Å². The number of hydrazine groups is 1. The fourth-order valence-corrected chi connectivity index (χ4v) is 3.44. The quantitative estimate of drug-likeness (QED) is 0.380. The summed E-state index contributed by atoms with van der Waals surface area (Å²) in [4.78, 5) is 12.9. The largest absolute Gasteiger partial charge is 0.293 e. The van der Waals surface area contributed by atoms with E-state index >= 15 is 0 Å². The summed E-state index contributed by atoms with van der Waals surface area (Å²) in [5, 5.41) is -0.130. The lowest BCUT2D eigenvalue weighted by atomic mass is 10.1. The third kappa shape index (κ3) is 2.87. The molecule has 0 radical (unpaired) electrons. The number of aryl methyl sites for hydroxylation is 2. The summed E-state index contributed by atoms with van der Waals surface area (Å²) in [6.07, 6.45) is 3.61. The minimum Gasteiger partial charge on any atom is -0.293 e. The molecule has 0 spiro atoms. The molecule has 0 bridgehead atoms. The van der Waals surface area contributed by atoms with E-state index in [-0.39, 0.29) is 17.1 Å². The molecule has 1 aliphatic rings. The number of carbonyl (C=O) groups excluding carboxylic acids is 1. The minimum atomic E-state index is -0.130. The van der Waals surface area contributed by atoms with Crippen LogP contribution in [-0.4, -0.2) is 11.2 Å². The summed E-state index contributed by atoms with van der Waals surface area (Å²) >= 11 is 1.60. The normalized spacial score (nSPS) is 15.6. The molecule has 0 heterocycles. The van der Waals surface area contributed by atoms with Crippen LogP contribution in [0.15, 0.2) is 23.1 Å². The predicted octanol–water partition coefficient (Wildman–Crippen LogP) is 2.28. The fourth-order valence-electron chi connectivity index (χ4n) is 2.34. The van der Waals surface area contributed by atoms with Crippen LogP contribution in [0.5, 0.6) is 0 Å². The predicted molar refractivity (Wildman–Crippen MR) is 75.3 cm³/mol. The Balaban J connectivity index is 2.14. The Hall–Kier alpha value is -1.00. The fraction of sp³-hybridized carbons (Fsp3) is 0.500. The second kappa shape index (κ2) is 5.76. The number of amides is 1. The van der Waals surface area contributed by atoms with Crippen molar-refractivity contribution in [1.82, 2.24) is 5.43 Å². The van der Waals surface area contributed by atoms with Crippen molar-refractivity contribution in [2.75, 3.05) is 0 Å². The molecule has 18 heavy (non-hydrogen) atoms. The Morgan fingerprint density at radius 2 is 2.06 bits per heavy atom. The molecular weight excluding hydrogens is 244 g/mol. The van der Waals surface area contributed by atoms with Gasteiger partial charge < -0.3 is 0 Å². The molecule has 98 valence electrons. The van der Waals surface area contributed by atoms with Gasteiger partial charge in [-0.05, 0) is 48.4 Å². The van der Waals surface area contributed by atoms with Crippen LogP contribution in [0.2, 0.25) is 0 Å². The van der Waals surface area contributed by atoms with Gasteiger partial charge in [-0.15, -0.1) is 11.8 Å². The van der Waals surface area contributed by atoms with Crippen LogP contribution in [0.3, 0.4) is 0 Å². The van der Waals surface area contributed by atoms with Crippen LogP contribution in [0.1, 0.15) is 31.4 Å². The lowest BCUT2D eigenvalue weighted by Crippen LogP contribution is -2.39. The van der Waals surface area contributed by atoms with Gasteiger partial charge in [0.25, 0.3) is 0 Å². The summed E-state index contributed by atoms with van der Waals surface area (Å²) in [7, 11) is 0. The molecule has 0 fully saturated rings. The van der Waals surface area contributed by atoms with Gasteiger partial charge in [0.15, 0.2) is 0 Å². The molecule has 1 aromatic carbocycles. The number of carbonyl (C=O) groups is 1. The van der Waals surface area contributed by atoms with Gasteiger partial charge in [0, 0.05) is 4.90 Å². The Bertz CT molecular complexity index is 445. The Morgan fingerprint density at radius 1 is 1.33 bits per heavy atom. The molecule has 0 aliphatic heterocycles. The van der Waals surface area contributed by atoms with Crippen molar-refractivity contribution in [1.29, 1.82) is 0 Å². The van der Waals surface area contributed by atoms with E-state index in [0.717, 1.165) is 4.90 Å². The molecule has 1 aromatic rings. The lowest BCUT2D eigenvalue weighted by Gasteiger charge is -2.18. The first-order valence-electron chi connectivity index (χ1n) is 6.40. The van der Waals surface area contributed by atoms with Gasteiger partial charge in [-0.2, -0.15) is 0 Å². The zero-order valence-corrected chi connectivity index (χ0v) is 11.7. The highest BCUT2D eigenvalue weighted by Gasteiger charge is 2.23. The van der Waals surface area contributed by atoms with E-state index in [1.54, 1.807) is 11.8 Å². The highest BCUT2D eigenvalue weighted by molar-refractivity contribution is 8.00. The van der Waals surface area contributed by atoms with Gasteiger partial charge in [-0.25, -0.2) is 5.84 Å². The summed E-state index contributed by atoms with van der Waals surface area (Å²) in [5.41, 5.74) is 5.16. The van der Waals surface area contributed by atoms with Crippen LogP contribution < -0.4 is 11.3 Å². The van der Waals surface area contributed by atoms with Gasteiger partial charge >= 0.3 is 0 Å². The number of nitrogens with one attached hydrogen (secondary N) is 1. The zero-order chi connectivity index (χ0) is 13.1. The molecule has 1 amide bonds. The zero-order valence-electron chi connectivity index (χ0n) is 10.9. The van der Waals surface area contributed by atoms with Gasteiger partial charge in [0.1, 0.15) is 0 Å². The molecule has 1 unspecified atom stereocenters. The van der Waals surface area contributed by atoms with Crippen molar-refractivity contribution in [3.63, 3.8) is 0 Å². The highest BCUT2D eigenvalue weighted by Crippen LogP contribution is 2.32. The number of hydrogen-bond acceptors (Lipinski definition) is 3. The first-order valence-corrected chi connectivity index (χ1v) is 7.28. The van der Waals surface area contributed by atoms with E-state index in [1.165, 1.54) is 30.4 Å². The van der Waals surface area contributed by atoms with E-state index in [1.807, 2.05) is 13.8 Å². The number of rotatable bonds is 4. The van der Waals surface area contributed by atoms with E-state index < -0.39 is 0 Å². The average molecular weight is 264 g/mol. The lowest BCUT2D eigenvalue weighted by molar-refractivity contribution is -0.121. The maximum atomic E-state index is 11.7. The van der Waals surface area contributed by atoms with Crippen LogP contribution in [0, 0.1) is 5.92 Å². The summed E-state index contributed by atoms with van der Waals surface area (Å²) in [6.45, 7) is 4.08. The molecule has 4 heteroatoms. The van der Waals surface area contributed by atoms with Crippen molar-refractivity contribution in [3.05, 3.63) is 29.3 Å². The van der Waals surface area contributed by atoms with Crippen molar-refractivity contribution >= 4 is 17.7 Å². The number of hydrogen-bond donors (Lipinski definition) is 2. The highest BCUT2D eigenvalue weighted by atomic mass is 32.2. The molecule has 0 saturated heterocycles. The Kier molecular flexibility index (Phi) is 4.30. The van der Waals surface area contributed by atoms with Crippen molar-refractivity contribution < 1.29 is 4.79 Å². The molecule has 3 N–H and O–H groups in total. The maximum Gasteiger partial charge on any atom is 0.247 e. The Labute approximate surface area is 112 Å². The van der Waals surface area contributed by atoms with E-state index in [0.29, 0.717) is 0 Å². The van der Waals surface area contributed by atoms with Crippen LogP contribution in [-0.2, 0) is 17.6 Å². The van der Waals surface area contributed by atoms with Crippen molar-refractivity contribution in [2.24, 2.45) is 11.8 Å². The molecular formula is C14H20N2OS. The van der Waals surface area contributed by atoms with Crippen LogP contribution in [0.25, 0.3) is 0 Å². The van der Waals surface area contributed by atoms with Gasteiger partial charge in [0.2, 0.25) is 5.91 Å². The van der Waals surface area contributed by atoms with E-state index in [9.17, 15) is 4.79 Å². The number of thioether (sulfide) groups is 1. The van der Waals surface area contributed by atoms with Crippen LogP contribution in [0.4, 0.5) is 0 Å². The third-order valence-corrected chi connectivity index (χ3v) is 4.88. The molecule has 3 nitrogen and oxygen atoms in total. The molecule has 0 aromatic heterocycles. The second-order valence-electron chi connectivity index (χ2n) is 5.08. The molecule has 0 saturated carbocycles. The Morgan fingerprint density at radius 3 is 2.72 bits per heavy atom. The topological polar surface area (TPSA) is 55.1 Å². The molecule has 2 rings (SSSR count). The van der Waals surface area contributed by atoms with Crippen molar-refractivity contribution in [2.45, 2.75) is 43.3 Å². The standard InChI is InChI=1S/C14H20N2OS/c1-9(2)13(14(17)16-15)18-12-7-6-10-4-3-5-11(10)8-12/h6-9,13H,3-5,15H2,1-2H3,(H,16,17). The van der Waals surface area contributed by atoms with Gasteiger partial charge in [-0.1, -0.05) is 19.9 Å².